The van der Waals surface area contributed by atoms with Crippen LogP contribution in [-0.2, 0) is 16.1 Å². The van der Waals surface area contributed by atoms with Crippen molar-refractivity contribution in [2.24, 2.45) is 0 Å². The van der Waals surface area contributed by atoms with Crippen LogP contribution < -0.4 is 10.1 Å². The normalized spacial score (nSPS) is 20.6. The first kappa shape index (κ1) is 26.4. The van der Waals surface area contributed by atoms with Crippen molar-refractivity contribution in [2.75, 3.05) is 20.3 Å². The minimum Gasteiger partial charge on any atom is -0.490 e. The first-order valence-electron chi connectivity index (χ1n) is 11.6. The Morgan fingerprint density at radius 2 is 2.03 bits per heavy atom. The highest BCUT2D eigenvalue weighted by molar-refractivity contribution is 5.97. The molecule has 196 valence electrons. The number of carboxylic acid groups (broad SMARTS) is 1. The van der Waals surface area contributed by atoms with E-state index in [0.717, 1.165) is 36.9 Å². The Kier molecular flexibility index (Phi) is 7.65. The molecule has 1 amide bonds. The van der Waals surface area contributed by atoms with E-state index in [0.29, 0.717) is 35.9 Å². The fraction of sp³-hybridized carbons (Fsp3) is 0.440. The molecule has 1 aromatic heterocycles. The Morgan fingerprint density at radius 1 is 1.30 bits per heavy atom. The third-order valence-corrected chi connectivity index (χ3v) is 6.24. The molecular weight excluding hydrogens is 493 g/mol. The molecule has 2 atom stereocenters. The maximum atomic E-state index is 13.1. The molecule has 12 heteroatoms. The predicted molar refractivity (Wildman–Crippen MR) is 124 cm³/mol. The van der Waals surface area contributed by atoms with Crippen molar-refractivity contribution in [1.82, 2.24) is 15.2 Å². The fourth-order valence-electron chi connectivity index (χ4n) is 4.27. The fourth-order valence-corrected chi connectivity index (χ4v) is 4.27. The number of carbonyl (C=O) groups excluding carboxylic acids is 1. The van der Waals surface area contributed by atoms with E-state index in [4.69, 9.17) is 24.4 Å². The number of methoxy groups -OCH3 is 1. The Labute approximate surface area is 210 Å². The van der Waals surface area contributed by atoms with Crippen LogP contribution in [0.4, 0.5) is 13.2 Å². The van der Waals surface area contributed by atoms with E-state index in [1.165, 1.54) is 0 Å². The second-order valence-electron chi connectivity index (χ2n) is 9.03. The number of halogens is 3. The zero-order valence-electron chi connectivity index (χ0n) is 19.9. The van der Waals surface area contributed by atoms with Gasteiger partial charge in [0.25, 0.3) is 5.91 Å². The average molecular weight is 518 g/mol. The van der Waals surface area contributed by atoms with Gasteiger partial charge < -0.3 is 24.8 Å². The third kappa shape index (κ3) is 6.18. The number of rotatable bonds is 6. The lowest BCUT2D eigenvalue weighted by molar-refractivity contribution is -0.192. The quantitative estimate of drug-likeness (QED) is 0.598. The molecule has 1 saturated heterocycles. The van der Waals surface area contributed by atoms with Crippen molar-refractivity contribution in [3.8, 4) is 23.1 Å². The number of nitriles is 1. The number of carbonyl (C=O) groups is 2. The number of pyridine rings is 1. The summed E-state index contributed by atoms with van der Waals surface area (Å²) in [5.74, 6) is -2.07. The lowest BCUT2D eigenvalue weighted by atomic mass is 10.1. The maximum absolute atomic E-state index is 13.1. The molecule has 3 heterocycles. The van der Waals surface area contributed by atoms with Crippen LogP contribution in [0.1, 0.15) is 40.9 Å². The number of ether oxygens (including phenoxy) is 2. The van der Waals surface area contributed by atoms with Gasteiger partial charge in [0.15, 0.2) is 0 Å². The van der Waals surface area contributed by atoms with E-state index < -0.39 is 12.1 Å². The number of nitrogens with one attached hydrogen (secondary N) is 1. The number of hydrogen-bond acceptors (Lipinski definition) is 7. The molecule has 1 aliphatic carbocycles. The van der Waals surface area contributed by atoms with Crippen molar-refractivity contribution < 1.29 is 37.3 Å². The lowest BCUT2D eigenvalue weighted by Gasteiger charge is -2.22. The van der Waals surface area contributed by atoms with E-state index in [2.05, 4.69) is 11.4 Å². The summed E-state index contributed by atoms with van der Waals surface area (Å²) in [4.78, 5) is 28.7. The smallest absolute Gasteiger partial charge is 0.490 e. The molecule has 0 radical (unpaired) electrons. The molecular formula is C25H25F3N4O5. The molecule has 1 saturated carbocycles. The number of fused-ring (bicyclic) bond motifs is 1. The SMILES string of the molecule is COC[C@@H]1C[C@@H](N2Cc3ccc(-c4cc(C#N)ccc4OC4CC4)nc3C2=O)CN1.O=C(O)C(F)(F)F. The van der Waals surface area contributed by atoms with Crippen LogP contribution in [0.5, 0.6) is 5.75 Å². The van der Waals surface area contributed by atoms with E-state index >= 15 is 0 Å². The zero-order valence-corrected chi connectivity index (χ0v) is 19.9. The molecule has 3 aliphatic rings. The van der Waals surface area contributed by atoms with Gasteiger partial charge in [-0.1, -0.05) is 6.07 Å². The first-order valence-corrected chi connectivity index (χ1v) is 11.6. The number of carboxylic acids is 1. The second kappa shape index (κ2) is 10.7. The van der Waals surface area contributed by atoms with Gasteiger partial charge in [0.2, 0.25) is 0 Å². The van der Waals surface area contributed by atoms with Gasteiger partial charge in [-0.25, -0.2) is 9.78 Å². The largest absolute Gasteiger partial charge is 0.490 e. The number of hydrogen-bond donors (Lipinski definition) is 2. The van der Waals surface area contributed by atoms with Crippen LogP contribution in [0.15, 0.2) is 30.3 Å². The van der Waals surface area contributed by atoms with Crippen LogP contribution in [0, 0.1) is 11.3 Å². The van der Waals surface area contributed by atoms with Gasteiger partial charge >= 0.3 is 12.1 Å². The van der Waals surface area contributed by atoms with Gasteiger partial charge in [0.05, 0.1) is 30.0 Å². The number of benzene rings is 1. The predicted octanol–water partition coefficient (Wildman–Crippen LogP) is 3.13. The van der Waals surface area contributed by atoms with Crippen molar-refractivity contribution in [3.05, 3.63) is 47.2 Å². The van der Waals surface area contributed by atoms with E-state index in [1.807, 2.05) is 23.1 Å². The highest BCUT2D eigenvalue weighted by atomic mass is 19.4. The van der Waals surface area contributed by atoms with Crippen molar-refractivity contribution in [3.63, 3.8) is 0 Å². The molecule has 2 N–H and O–H groups in total. The van der Waals surface area contributed by atoms with Gasteiger partial charge in [-0.2, -0.15) is 18.4 Å². The first-order chi connectivity index (χ1) is 17.6. The highest BCUT2D eigenvalue weighted by Gasteiger charge is 2.39. The van der Waals surface area contributed by atoms with E-state index in [1.54, 1.807) is 19.2 Å². The molecule has 2 fully saturated rings. The minimum absolute atomic E-state index is 0.0298. The van der Waals surface area contributed by atoms with Gasteiger partial charge in [-0.3, -0.25) is 4.79 Å². The Morgan fingerprint density at radius 3 is 2.65 bits per heavy atom. The molecule has 2 aliphatic heterocycles. The summed E-state index contributed by atoms with van der Waals surface area (Å²) in [6, 6.07) is 11.9. The summed E-state index contributed by atoms with van der Waals surface area (Å²) in [6.07, 6.45) is -1.88. The van der Waals surface area contributed by atoms with Crippen LogP contribution in [0.25, 0.3) is 11.3 Å². The molecule has 5 rings (SSSR count). The Balaban J connectivity index is 0.000000405. The van der Waals surface area contributed by atoms with Crippen molar-refractivity contribution in [2.45, 2.75) is 50.2 Å². The molecule has 0 bridgehead atoms. The number of nitrogens with zero attached hydrogens (tertiary/aromatic N) is 3. The van der Waals surface area contributed by atoms with Crippen molar-refractivity contribution >= 4 is 11.9 Å². The lowest BCUT2D eigenvalue weighted by Crippen LogP contribution is -2.37. The average Bonchev–Trinajstić information content (AvgIpc) is 3.46. The zero-order chi connectivity index (χ0) is 26.7. The minimum atomic E-state index is -5.08. The monoisotopic (exact) mass is 518 g/mol. The van der Waals surface area contributed by atoms with Crippen LogP contribution >= 0.6 is 0 Å². The summed E-state index contributed by atoms with van der Waals surface area (Å²) in [7, 11) is 1.69. The number of amides is 1. The molecule has 37 heavy (non-hydrogen) atoms. The molecule has 9 nitrogen and oxygen atoms in total. The molecule has 0 spiro atoms. The van der Waals surface area contributed by atoms with Gasteiger partial charge in [-0.05, 0) is 43.5 Å². The second-order valence-corrected chi connectivity index (χ2v) is 9.03. The Hall–Kier alpha value is -3.69. The van der Waals surface area contributed by atoms with E-state index in [-0.39, 0.29) is 24.1 Å². The number of alkyl halides is 3. The van der Waals surface area contributed by atoms with Gasteiger partial charge in [-0.15, -0.1) is 0 Å². The standard InChI is InChI=1S/C23H24N4O3.C2HF3O2/c1-29-13-16-9-17(11-25-16)27-12-15-3-6-20(26-22(15)23(27)28)19-8-14(10-24)2-7-21(19)30-18-4-5-18;3-2(4,5)1(6)7/h2-3,6-8,16-18,25H,4-5,9,11-13H2,1H3;(H,6,7)/t16-,17+;/m0./s1. The summed E-state index contributed by atoms with van der Waals surface area (Å²) in [5, 5.41) is 19.9. The van der Waals surface area contributed by atoms with Crippen LogP contribution in [0.3, 0.4) is 0 Å². The summed E-state index contributed by atoms with van der Waals surface area (Å²) < 4.78 is 43.0. The molecule has 0 unspecified atom stereocenters. The molecule has 1 aromatic carbocycles. The van der Waals surface area contributed by atoms with E-state index in [9.17, 15) is 23.2 Å². The Bertz CT molecular complexity index is 1230. The third-order valence-electron chi connectivity index (χ3n) is 6.24. The molecule has 2 aromatic rings. The number of aliphatic carboxylic acids is 1. The summed E-state index contributed by atoms with van der Waals surface area (Å²) >= 11 is 0. The number of aromatic nitrogens is 1. The topological polar surface area (TPSA) is 125 Å². The van der Waals surface area contributed by atoms with Crippen LogP contribution in [-0.4, -0.2) is 71.5 Å². The summed E-state index contributed by atoms with van der Waals surface area (Å²) in [5.41, 5.74) is 3.42. The van der Waals surface area contributed by atoms with Crippen LogP contribution in [0.2, 0.25) is 0 Å². The van der Waals surface area contributed by atoms with Gasteiger partial charge in [0.1, 0.15) is 11.4 Å². The summed E-state index contributed by atoms with van der Waals surface area (Å²) in [6.45, 7) is 1.99. The maximum Gasteiger partial charge on any atom is 0.490 e. The van der Waals surface area contributed by atoms with Gasteiger partial charge in [0, 0.05) is 43.4 Å². The highest BCUT2D eigenvalue weighted by Crippen LogP contribution is 2.36. The van der Waals surface area contributed by atoms with Crippen molar-refractivity contribution in [1.29, 1.82) is 5.26 Å².